The Hall–Kier alpha value is -1.95. The van der Waals surface area contributed by atoms with Crippen LogP contribution in [-0.4, -0.2) is 57.4 Å². The molecule has 1 aliphatic carbocycles. The van der Waals surface area contributed by atoms with Crippen molar-refractivity contribution in [2.75, 3.05) is 37.6 Å². The zero-order valence-corrected chi connectivity index (χ0v) is 13.0. The fraction of sp³-hybridized carbons (Fsp3) is 0.562. The van der Waals surface area contributed by atoms with Crippen molar-refractivity contribution in [3.8, 4) is 11.3 Å². The van der Waals surface area contributed by atoms with Crippen LogP contribution in [-0.2, 0) is 7.05 Å². The Balaban J connectivity index is 1.44. The van der Waals surface area contributed by atoms with Gasteiger partial charge >= 0.3 is 0 Å². The summed E-state index contributed by atoms with van der Waals surface area (Å²) in [4.78, 5) is 14.1. The van der Waals surface area contributed by atoms with Gasteiger partial charge in [-0.05, 0) is 18.8 Å². The molecule has 3 heterocycles. The van der Waals surface area contributed by atoms with Gasteiger partial charge in [0, 0.05) is 51.5 Å². The lowest BCUT2D eigenvalue weighted by atomic mass is 10.2. The molecule has 2 aliphatic rings. The molecule has 2 fully saturated rings. The molecule has 1 aliphatic heterocycles. The number of hydrogen-bond donors (Lipinski definition) is 0. The minimum Gasteiger partial charge on any atom is -0.353 e. The molecular weight excluding hydrogens is 276 g/mol. The zero-order chi connectivity index (χ0) is 14.9. The van der Waals surface area contributed by atoms with E-state index < -0.39 is 0 Å². The maximum Gasteiger partial charge on any atom is 0.147 e. The van der Waals surface area contributed by atoms with Gasteiger partial charge in [0.25, 0.3) is 0 Å². The van der Waals surface area contributed by atoms with Gasteiger partial charge in [-0.25, -0.2) is 4.98 Å². The molecule has 0 radical (unpaired) electrons. The molecule has 2 aromatic rings. The van der Waals surface area contributed by atoms with Gasteiger partial charge in [-0.2, -0.15) is 5.10 Å². The van der Waals surface area contributed by atoms with Crippen molar-refractivity contribution in [1.82, 2.24) is 24.6 Å². The smallest absolute Gasteiger partial charge is 0.147 e. The topological polar surface area (TPSA) is 50.1 Å². The number of aryl methyl sites for hydroxylation is 1. The van der Waals surface area contributed by atoms with Crippen LogP contribution in [0.1, 0.15) is 12.8 Å². The fourth-order valence-corrected chi connectivity index (χ4v) is 3.03. The van der Waals surface area contributed by atoms with E-state index in [1.807, 2.05) is 31.8 Å². The highest BCUT2D eigenvalue weighted by atomic mass is 15.3. The molecule has 1 saturated carbocycles. The second-order valence-corrected chi connectivity index (χ2v) is 6.40. The summed E-state index contributed by atoms with van der Waals surface area (Å²) in [6.45, 7) is 5.63. The van der Waals surface area contributed by atoms with Crippen molar-refractivity contribution < 1.29 is 0 Å². The summed E-state index contributed by atoms with van der Waals surface area (Å²) in [5.41, 5.74) is 1.91. The van der Waals surface area contributed by atoms with E-state index >= 15 is 0 Å². The van der Waals surface area contributed by atoms with Crippen molar-refractivity contribution in [1.29, 1.82) is 0 Å². The Bertz CT molecular complexity index is 640. The maximum absolute atomic E-state index is 4.77. The van der Waals surface area contributed by atoms with E-state index in [1.165, 1.54) is 19.4 Å². The summed E-state index contributed by atoms with van der Waals surface area (Å²) in [7, 11) is 1.92. The predicted molar refractivity (Wildman–Crippen MR) is 85.6 cm³/mol. The van der Waals surface area contributed by atoms with Crippen LogP contribution in [0.3, 0.4) is 0 Å². The maximum atomic E-state index is 4.77. The first-order valence-corrected chi connectivity index (χ1v) is 8.06. The highest BCUT2D eigenvalue weighted by Gasteiger charge is 2.26. The third-order valence-electron chi connectivity index (χ3n) is 4.53. The van der Waals surface area contributed by atoms with Crippen molar-refractivity contribution in [3.63, 3.8) is 0 Å². The van der Waals surface area contributed by atoms with Crippen molar-refractivity contribution in [2.24, 2.45) is 13.0 Å². The lowest BCUT2D eigenvalue weighted by Crippen LogP contribution is -2.47. The van der Waals surface area contributed by atoms with E-state index in [4.69, 9.17) is 4.98 Å². The van der Waals surface area contributed by atoms with Crippen LogP contribution in [0.5, 0.6) is 0 Å². The minimum atomic E-state index is 0.894. The van der Waals surface area contributed by atoms with Gasteiger partial charge in [0.1, 0.15) is 5.82 Å². The average Bonchev–Trinajstić information content (AvgIpc) is 3.26. The molecule has 22 heavy (non-hydrogen) atoms. The number of anilines is 1. The lowest BCUT2D eigenvalue weighted by Gasteiger charge is -2.35. The number of piperazine rings is 1. The molecule has 0 N–H and O–H groups in total. The average molecular weight is 298 g/mol. The van der Waals surface area contributed by atoms with Crippen molar-refractivity contribution >= 4 is 5.82 Å². The van der Waals surface area contributed by atoms with E-state index in [9.17, 15) is 0 Å². The summed E-state index contributed by atoms with van der Waals surface area (Å²) in [5.74, 6) is 1.95. The summed E-state index contributed by atoms with van der Waals surface area (Å²) >= 11 is 0. The summed E-state index contributed by atoms with van der Waals surface area (Å²) in [5, 5.41) is 4.21. The molecular formula is C16H22N6. The summed E-state index contributed by atoms with van der Waals surface area (Å²) in [6, 6.07) is 0. The molecule has 6 heteroatoms. The molecule has 6 nitrogen and oxygen atoms in total. The second kappa shape index (κ2) is 5.68. The van der Waals surface area contributed by atoms with Crippen molar-refractivity contribution in [2.45, 2.75) is 12.8 Å². The number of aromatic nitrogens is 4. The molecule has 116 valence electrons. The molecule has 0 bridgehead atoms. The van der Waals surface area contributed by atoms with Crippen LogP contribution in [0, 0.1) is 5.92 Å². The van der Waals surface area contributed by atoms with Gasteiger partial charge < -0.3 is 4.90 Å². The van der Waals surface area contributed by atoms with Crippen LogP contribution in [0.2, 0.25) is 0 Å². The summed E-state index contributed by atoms with van der Waals surface area (Å²) < 4.78 is 1.79. The van der Waals surface area contributed by atoms with Gasteiger partial charge in [0.2, 0.25) is 0 Å². The standard InChI is InChI=1S/C16H22N6/c1-20-12-14(8-18-20)15-9-17-10-16(19-15)22-6-4-21(5-7-22)11-13-2-3-13/h8-10,12-13H,2-7,11H2,1H3. The van der Waals surface area contributed by atoms with Gasteiger partial charge in [0.15, 0.2) is 0 Å². The monoisotopic (exact) mass is 298 g/mol. The quantitative estimate of drug-likeness (QED) is 0.854. The normalized spacial score (nSPS) is 19.6. The lowest BCUT2D eigenvalue weighted by molar-refractivity contribution is 0.247. The largest absolute Gasteiger partial charge is 0.353 e. The number of rotatable bonds is 4. The first-order valence-electron chi connectivity index (χ1n) is 8.06. The molecule has 0 unspecified atom stereocenters. The van der Waals surface area contributed by atoms with Gasteiger partial charge in [-0.3, -0.25) is 14.6 Å². The third-order valence-corrected chi connectivity index (χ3v) is 4.53. The van der Waals surface area contributed by atoms with E-state index in [0.717, 1.165) is 49.2 Å². The van der Waals surface area contributed by atoms with E-state index in [1.54, 1.807) is 4.68 Å². The van der Waals surface area contributed by atoms with Crippen LogP contribution in [0.15, 0.2) is 24.8 Å². The Morgan fingerprint density at radius 2 is 1.91 bits per heavy atom. The predicted octanol–water partition coefficient (Wildman–Crippen LogP) is 1.41. The van der Waals surface area contributed by atoms with Crippen LogP contribution in [0.25, 0.3) is 11.3 Å². The first-order chi connectivity index (χ1) is 10.8. The zero-order valence-electron chi connectivity index (χ0n) is 13.0. The highest BCUT2D eigenvalue weighted by molar-refractivity contribution is 5.58. The first kappa shape index (κ1) is 13.7. The molecule has 1 saturated heterocycles. The Morgan fingerprint density at radius 3 is 2.59 bits per heavy atom. The van der Waals surface area contributed by atoms with Gasteiger partial charge in [-0.1, -0.05) is 0 Å². The Morgan fingerprint density at radius 1 is 1.09 bits per heavy atom. The molecule has 0 aromatic carbocycles. The Labute approximate surface area is 130 Å². The second-order valence-electron chi connectivity index (χ2n) is 6.40. The molecule has 4 rings (SSSR count). The van der Waals surface area contributed by atoms with Crippen molar-refractivity contribution in [3.05, 3.63) is 24.8 Å². The number of nitrogens with zero attached hydrogens (tertiary/aromatic N) is 6. The summed E-state index contributed by atoms with van der Waals surface area (Å²) in [6.07, 6.45) is 10.3. The molecule has 0 atom stereocenters. The highest BCUT2D eigenvalue weighted by Crippen LogP contribution is 2.30. The molecule has 0 amide bonds. The van der Waals surface area contributed by atoms with Crippen LogP contribution >= 0.6 is 0 Å². The fourth-order valence-electron chi connectivity index (χ4n) is 3.03. The van der Waals surface area contributed by atoms with E-state index in [-0.39, 0.29) is 0 Å². The minimum absolute atomic E-state index is 0.894. The van der Waals surface area contributed by atoms with Crippen LogP contribution in [0.4, 0.5) is 5.82 Å². The Kier molecular flexibility index (Phi) is 3.54. The third kappa shape index (κ3) is 2.97. The van der Waals surface area contributed by atoms with Gasteiger partial charge in [-0.15, -0.1) is 0 Å². The molecule has 2 aromatic heterocycles. The van der Waals surface area contributed by atoms with Gasteiger partial charge in [0.05, 0.1) is 24.3 Å². The van der Waals surface area contributed by atoms with Crippen LogP contribution < -0.4 is 4.90 Å². The molecule has 0 spiro atoms. The van der Waals surface area contributed by atoms with E-state index in [0.29, 0.717) is 0 Å². The van der Waals surface area contributed by atoms with E-state index in [2.05, 4.69) is 19.9 Å². The number of hydrogen-bond acceptors (Lipinski definition) is 5. The SMILES string of the molecule is Cn1cc(-c2cncc(N3CCN(CC4CC4)CC3)n2)cn1.